The Morgan fingerprint density at radius 2 is 1.77 bits per heavy atom. The molecular formula is C18H14N6OS. The summed E-state index contributed by atoms with van der Waals surface area (Å²) in [4.78, 5) is 9.35. The number of hydrogen-bond acceptors (Lipinski definition) is 7. The fourth-order valence-electron chi connectivity index (χ4n) is 2.84. The van der Waals surface area contributed by atoms with Crippen LogP contribution in [-0.4, -0.2) is 32.0 Å². The van der Waals surface area contributed by atoms with Gasteiger partial charge >= 0.3 is 0 Å². The molecule has 1 aliphatic heterocycles. The van der Waals surface area contributed by atoms with E-state index in [1.807, 2.05) is 53.2 Å². The summed E-state index contributed by atoms with van der Waals surface area (Å²) in [6.07, 6.45) is 0.654. The van der Waals surface area contributed by atoms with Gasteiger partial charge in [0.15, 0.2) is 11.6 Å². The first-order valence-corrected chi connectivity index (χ1v) is 8.91. The molecule has 26 heavy (non-hydrogen) atoms. The Hall–Kier alpha value is -3.13. The lowest BCUT2D eigenvalue weighted by Crippen LogP contribution is -2.19. The third kappa shape index (κ3) is 2.55. The Labute approximate surface area is 153 Å². The molecule has 4 aromatic rings. The van der Waals surface area contributed by atoms with E-state index in [1.54, 1.807) is 7.11 Å². The third-order valence-corrected chi connectivity index (χ3v) is 5.09. The first-order valence-electron chi connectivity index (χ1n) is 8.09. The lowest BCUT2D eigenvalue weighted by Gasteiger charge is -2.18. The maximum absolute atomic E-state index is 5.21. The van der Waals surface area contributed by atoms with Crippen molar-refractivity contribution < 1.29 is 4.74 Å². The lowest BCUT2D eigenvalue weighted by molar-refractivity contribution is 0.414. The molecule has 0 radical (unpaired) electrons. The number of rotatable bonds is 3. The van der Waals surface area contributed by atoms with Crippen LogP contribution in [0.5, 0.6) is 5.75 Å². The molecule has 0 saturated carbocycles. The van der Waals surface area contributed by atoms with E-state index >= 15 is 0 Å². The molecule has 0 bridgehead atoms. The standard InChI is InChI=1S/C18H14N6OS/c1-25-12-8-6-11(7-9-12)10-15-21-22-18-24(15)23-16-17(26-18)20-14-5-3-2-4-13(14)19-16/h2-9H,10H2,1H3,(H,19,23). The zero-order valence-electron chi connectivity index (χ0n) is 13.9. The normalized spacial score (nSPS) is 12.3. The van der Waals surface area contributed by atoms with Gasteiger partial charge < -0.3 is 4.74 Å². The van der Waals surface area contributed by atoms with Gasteiger partial charge in [-0.1, -0.05) is 24.3 Å². The Balaban J connectivity index is 1.47. The topological polar surface area (TPSA) is 77.8 Å². The summed E-state index contributed by atoms with van der Waals surface area (Å²) in [6, 6.07) is 15.8. The van der Waals surface area contributed by atoms with Crippen LogP contribution >= 0.6 is 11.8 Å². The van der Waals surface area contributed by atoms with Gasteiger partial charge in [-0.2, -0.15) is 0 Å². The van der Waals surface area contributed by atoms with Crippen molar-refractivity contribution in [2.24, 2.45) is 0 Å². The summed E-state index contributed by atoms with van der Waals surface area (Å²) in [5.74, 6) is 2.37. The van der Waals surface area contributed by atoms with Crippen LogP contribution in [0.15, 0.2) is 58.7 Å². The van der Waals surface area contributed by atoms with E-state index < -0.39 is 0 Å². The number of aromatic nitrogens is 5. The molecule has 1 aliphatic rings. The quantitative estimate of drug-likeness (QED) is 0.528. The number of benzene rings is 2. The minimum absolute atomic E-state index is 0.654. The second-order valence-electron chi connectivity index (χ2n) is 5.84. The van der Waals surface area contributed by atoms with Crippen molar-refractivity contribution in [2.45, 2.75) is 16.6 Å². The minimum Gasteiger partial charge on any atom is -0.497 e. The molecule has 5 rings (SSSR count). The van der Waals surface area contributed by atoms with Crippen molar-refractivity contribution in [2.75, 3.05) is 12.5 Å². The highest BCUT2D eigenvalue weighted by Crippen LogP contribution is 2.35. The minimum atomic E-state index is 0.654. The van der Waals surface area contributed by atoms with Gasteiger partial charge in [-0.15, -0.1) is 10.2 Å². The van der Waals surface area contributed by atoms with E-state index in [2.05, 4.69) is 25.6 Å². The maximum Gasteiger partial charge on any atom is 0.216 e. The summed E-state index contributed by atoms with van der Waals surface area (Å²) in [5.41, 5.74) is 6.15. The van der Waals surface area contributed by atoms with Gasteiger partial charge in [0.1, 0.15) is 10.8 Å². The average Bonchev–Trinajstić information content (AvgIpc) is 3.06. The summed E-state index contributed by atoms with van der Waals surface area (Å²) >= 11 is 1.47. The predicted molar refractivity (Wildman–Crippen MR) is 98.5 cm³/mol. The monoisotopic (exact) mass is 362 g/mol. The number of hydrogen-bond donors (Lipinski definition) is 1. The summed E-state index contributed by atoms with van der Waals surface area (Å²) < 4.78 is 7.08. The Kier molecular flexibility index (Phi) is 3.49. The molecular weight excluding hydrogens is 348 g/mol. The summed E-state index contributed by atoms with van der Waals surface area (Å²) in [7, 11) is 1.66. The largest absolute Gasteiger partial charge is 0.497 e. The van der Waals surface area contributed by atoms with Gasteiger partial charge in [-0.3, -0.25) is 5.43 Å². The van der Waals surface area contributed by atoms with Crippen LogP contribution < -0.4 is 10.2 Å². The summed E-state index contributed by atoms with van der Waals surface area (Å²) in [6.45, 7) is 0. The highest BCUT2D eigenvalue weighted by Gasteiger charge is 2.23. The van der Waals surface area contributed by atoms with Gasteiger partial charge in [0.05, 0.1) is 18.1 Å². The molecule has 1 N–H and O–H groups in total. The number of methoxy groups -OCH3 is 1. The van der Waals surface area contributed by atoms with E-state index in [4.69, 9.17) is 4.74 Å². The fraction of sp³-hybridized carbons (Fsp3) is 0.111. The molecule has 7 nitrogen and oxygen atoms in total. The van der Waals surface area contributed by atoms with Gasteiger partial charge in [0, 0.05) is 6.42 Å². The second-order valence-corrected chi connectivity index (χ2v) is 6.79. The van der Waals surface area contributed by atoms with Crippen molar-refractivity contribution in [1.29, 1.82) is 0 Å². The Morgan fingerprint density at radius 1 is 1.00 bits per heavy atom. The SMILES string of the molecule is COc1ccc(Cc2nnc3n2Nc2nc4ccccc4nc2S3)cc1. The van der Waals surface area contributed by atoms with Crippen LogP contribution in [0.4, 0.5) is 5.82 Å². The second kappa shape index (κ2) is 5.99. The van der Waals surface area contributed by atoms with E-state index in [1.165, 1.54) is 11.8 Å². The first kappa shape index (κ1) is 15.2. The zero-order chi connectivity index (χ0) is 17.5. The van der Waals surface area contributed by atoms with Crippen molar-refractivity contribution in [1.82, 2.24) is 24.8 Å². The molecule has 2 aromatic carbocycles. The van der Waals surface area contributed by atoms with Crippen LogP contribution in [0.25, 0.3) is 11.0 Å². The molecule has 0 atom stereocenters. The highest BCUT2D eigenvalue weighted by molar-refractivity contribution is 7.99. The van der Waals surface area contributed by atoms with Crippen LogP contribution in [-0.2, 0) is 6.42 Å². The average molecular weight is 362 g/mol. The van der Waals surface area contributed by atoms with E-state index in [0.717, 1.165) is 44.2 Å². The zero-order valence-corrected chi connectivity index (χ0v) is 14.7. The Bertz CT molecular complexity index is 1110. The number of nitrogens with one attached hydrogen (secondary N) is 1. The number of para-hydroxylation sites is 2. The number of ether oxygens (including phenoxy) is 1. The predicted octanol–water partition coefficient (Wildman–Crippen LogP) is 3.16. The fourth-order valence-corrected chi connectivity index (χ4v) is 3.67. The highest BCUT2D eigenvalue weighted by atomic mass is 32.2. The molecule has 0 aliphatic carbocycles. The van der Waals surface area contributed by atoms with Gasteiger partial charge in [0.2, 0.25) is 5.16 Å². The number of nitrogens with zero attached hydrogens (tertiary/aromatic N) is 5. The molecule has 3 heterocycles. The summed E-state index contributed by atoms with van der Waals surface area (Å²) in [5, 5.41) is 10.2. The van der Waals surface area contributed by atoms with Crippen molar-refractivity contribution in [3.05, 3.63) is 59.9 Å². The van der Waals surface area contributed by atoms with Crippen molar-refractivity contribution in [3.8, 4) is 5.75 Å². The molecule has 0 amide bonds. The van der Waals surface area contributed by atoms with E-state index in [0.29, 0.717) is 6.42 Å². The van der Waals surface area contributed by atoms with E-state index in [9.17, 15) is 0 Å². The molecule has 128 valence electrons. The van der Waals surface area contributed by atoms with Crippen LogP contribution in [0.1, 0.15) is 11.4 Å². The van der Waals surface area contributed by atoms with Crippen molar-refractivity contribution >= 4 is 28.6 Å². The number of fused-ring (bicyclic) bond motifs is 3. The van der Waals surface area contributed by atoms with Gasteiger partial charge in [-0.25, -0.2) is 14.6 Å². The molecule has 0 fully saturated rings. The van der Waals surface area contributed by atoms with Crippen molar-refractivity contribution in [3.63, 3.8) is 0 Å². The molecule has 0 spiro atoms. The Morgan fingerprint density at radius 3 is 2.54 bits per heavy atom. The van der Waals surface area contributed by atoms with Crippen LogP contribution in [0.2, 0.25) is 0 Å². The lowest BCUT2D eigenvalue weighted by atomic mass is 10.1. The number of anilines is 1. The van der Waals surface area contributed by atoms with E-state index in [-0.39, 0.29) is 0 Å². The smallest absolute Gasteiger partial charge is 0.216 e. The van der Waals surface area contributed by atoms with Gasteiger partial charge in [0.25, 0.3) is 0 Å². The molecule has 2 aromatic heterocycles. The maximum atomic E-state index is 5.21. The molecule has 0 saturated heterocycles. The molecule has 0 unspecified atom stereocenters. The van der Waals surface area contributed by atoms with Crippen LogP contribution in [0.3, 0.4) is 0 Å². The first-order chi connectivity index (χ1) is 12.8. The molecule has 8 heteroatoms. The van der Waals surface area contributed by atoms with Gasteiger partial charge in [-0.05, 0) is 41.6 Å². The third-order valence-electron chi connectivity index (χ3n) is 4.17. The van der Waals surface area contributed by atoms with Crippen LogP contribution in [0, 0.1) is 0 Å².